The van der Waals surface area contributed by atoms with E-state index in [-0.39, 0.29) is 0 Å². The normalized spacial score (nSPS) is 12.4. The quantitative estimate of drug-likeness (QED) is 0.380. The fourth-order valence-electron chi connectivity index (χ4n) is 1.37. The summed E-state index contributed by atoms with van der Waals surface area (Å²) in [4.78, 5) is 20.4. The van der Waals surface area contributed by atoms with Gasteiger partial charge in [0.1, 0.15) is 0 Å². The Balaban J connectivity index is 6.03. The highest BCUT2D eigenvalue weighted by atomic mass is 32.2. The summed E-state index contributed by atoms with van der Waals surface area (Å²) in [5, 5.41) is 4.10. The molecule has 0 heterocycles. The van der Waals surface area contributed by atoms with Crippen molar-refractivity contribution in [1.29, 1.82) is 0 Å². The Bertz CT molecular complexity index is 480. The molecule has 0 fully saturated rings. The molecule has 0 spiro atoms. The second-order valence-electron chi connectivity index (χ2n) is 4.79. The molecule has 0 radical (unpaired) electrons. The highest BCUT2D eigenvalue weighted by Crippen LogP contribution is 2.32. The first kappa shape index (κ1) is 17.3. The third-order valence-corrected chi connectivity index (χ3v) is 4.00. The van der Waals surface area contributed by atoms with Crippen LogP contribution in [0.15, 0.2) is 25.3 Å². The standard InChI is InChI=1S/C11H18N2O5S/c1-6-8(14)12-11(10(3,4)5,19(16,17)18)13-9(15)7-2/h6-7H,1-2H2,3-5H3,(H,12,14)(H,13,15)(H,16,17,18). The smallest absolute Gasteiger partial charge is 0.309 e. The van der Waals surface area contributed by atoms with Crippen LogP contribution in [0.1, 0.15) is 20.8 Å². The Hall–Kier alpha value is -1.67. The number of carbonyl (C=O) groups excluding carboxylic acids is 2. The minimum atomic E-state index is -4.85. The molecule has 0 saturated carbocycles. The van der Waals surface area contributed by atoms with Gasteiger partial charge in [-0.25, -0.2) is 0 Å². The summed E-state index contributed by atoms with van der Waals surface area (Å²) in [6.45, 7) is 10.6. The van der Waals surface area contributed by atoms with Gasteiger partial charge in [0.2, 0.25) is 16.8 Å². The molecule has 19 heavy (non-hydrogen) atoms. The molecule has 0 rings (SSSR count). The molecule has 3 N–H and O–H groups in total. The SMILES string of the molecule is C=CC(=O)NC(NC(=O)C=C)(C(C)(C)C)S(=O)(=O)O. The zero-order chi connectivity index (χ0) is 15.5. The van der Waals surface area contributed by atoms with Crippen molar-refractivity contribution < 1.29 is 22.6 Å². The average Bonchev–Trinajstić information content (AvgIpc) is 2.24. The molecule has 0 saturated heterocycles. The molecule has 0 aromatic rings. The lowest BCUT2D eigenvalue weighted by atomic mass is 9.91. The molecule has 0 bridgehead atoms. The number of hydrogen-bond acceptors (Lipinski definition) is 4. The molecule has 0 aliphatic heterocycles. The molecule has 2 amide bonds. The lowest BCUT2D eigenvalue weighted by Crippen LogP contribution is -2.71. The van der Waals surface area contributed by atoms with Gasteiger partial charge in [0.05, 0.1) is 0 Å². The van der Waals surface area contributed by atoms with Gasteiger partial charge in [-0.3, -0.25) is 14.1 Å². The van der Waals surface area contributed by atoms with Gasteiger partial charge in [-0.2, -0.15) is 8.42 Å². The van der Waals surface area contributed by atoms with Crippen molar-refractivity contribution in [1.82, 2.24) is 10.6 Å². The molecule has 0 unspecified atom stereocenters. The van der Waals surface area contributed by atoms with Crippen molar-refractivity contribution in [3.8, 4) is 0 Å². The molecule has 108 valence electrons. The van der Waals surface area contributed by atoms with Crippen molar-refractivity contribution in [2.24, 2.45) is 5.41 Å². The summed E-state index contributed by atoms with van der Waals surface area (Å²) in [7, 11) is -4.85. The van der Waals surface area contributed by atoms with Gasteiger partial charge < -0.3 is 10.6 Å². The van der Waals surface area contributed by atoms with E-state index in [9.17, 15) is 22.6 Å². The summed E-state index contributed by atoms with van der Waals surface area (Å²) in [6, 6.07) is 0. The summed E-state index contributed by atoms with van der Waals surface area (Å²) in [5.74, 6) is -1.73. The number of hydrogen-bond donors (Lipinski definition) is 3. The summed E-state index contributed by atoms with van der Waals surface area (Å²) in [5.41, 5.74) is -1.24. The summed E-state index contributed by atoms with van der Waals surface area (Å²) < 4.78 is 32.7. The fourth-order valence-corrected chi connectivity index (χ4v) is 2.60. The first-order chi connectivity index (χ1) is 8.41. The van der Waals surface area contributed by atoms with Gasteiger partial charge in [-0.05, 0) is 12.2 Å². The molecular formula is C11H18N2O5S. The largest absolute Gasteiger partial charge is 0.315 e. The van der Waals surface area contributed by atoms with Gasteiger partial charge in [0, 0.05) is 5.41 Å². The predicted octanol–water partition coefficient (Wildman–Crippen LogP) is 0.179. The fraction of sp³-hybridized carbons (Fsp3) is 0.455. The van der Waals surface area contributed by atoms with Crippen LogP contribution in [-0.2, 0) is 19.7 Å². The van der Waals surface area contributed by atoms with Crippen LogP contribution >= 0.6 is 0 Å². The lowest BCUT2D eigenvalue weighted by molar-refractivity contribution is -0.122. The van der Waals surface area contributed by atoms with Gasteiger partial charge in [0.15, 0.2) is 0 Å². The van der Waals surface area contributed by atoms with E-state index in [1.165, 1.54) is 20.8 Å². The van der Waals surface area contributed by atoms with Crippen molar-refractivity contribution in [3.63, 3.8) is 0 Å². The van der Waals surface area contributed by atoms with Crippen LogP contribution in [0, 0.1) is 5.41 Å². The Morgan fingerprint density at radius 3 is 1.53 bits per heavy atom. The van der Waals surface area contributed by atoms with Crippen LogP contribution in [0.4, 0.5) is 0 Å². The van der Waals surface area contributed by atoms with E-state index < -0.39 is 32.3 Å². The minimum Gasteiger partial charge on any atom is -0.315 e. The molecule has 0 aliphatic rings. The van der Waals surface area contributed by atoms with Crippen LogP contribution < -0.4 is 10.6 Å². The van der Waals surface area contributed by atoms with Crippen molar-refractivity contribution in [2.75, 3.05) is 0 Å². The zero-order valence-electron chi connectivity index (χ0n) is 11.1. The molecular weight excluding hydrogens is 272 g/mol. The van der Waals surface area contributed by atoms with E-state index >= 15 is 0 Å². The summed E-state index contributed by atoms with van der Waals surface area (Å²) in [6.07, 6.45) is 1.65. The molecule has 0 atom stereocenters. The van der Waals surface area contributed by atoms with E-state index in [0.717, 1.165) is 12.2 Å². The van der Waals surface area contributed by atoms with Crippen molar-refractivity contribution >= 4 is 21.9 Å². The highest BCUT2D eigenvalue weighted by Gasteiger charge is 2.54. The van der Waals surface area contributed by atoms with Crippen molar-refractivity contribution in [2.45, 2.75) is 25.8 Å². The monoisotopic (exact) mass is 290 g/mol. The average molecular weight is 290 g/mol. The van der Waals surface area contributed by atoms with E-state index in [1.807, 2.05) is 0 Å². The first-order valence-electron chi connectivity index (χ1n) is 5.27. The third-order valence-electron chi connectivity index (χ3n) is 2.41. The lowest BCUT2D eigenvalue weighted by Gasteiger charge is -2.41. The predicted molar refractivity (Wildman–Crippen MR) is 70.4 cm³/mol. The van der Waals surface area contributed by atoms with E-state index in [4.69, 9.17) is 0 Å². The van der Waals surface area contributed by atoms with Crippen LogP contribution in [0.3, 0.4) is 0 Å². The highest BCUT2D eigenvalue weighted by molar-refractivity contribution is 7.87. The number of nitrogens with one attached hydrogen (secondary N) is 2. The van der Waals surface area contributed by atoms with Gasteiger partial charge in [-0.1, -0.05) is 33.9 Å². The van der Waals surface area contributed by atoms with E-state index in [2.05, 4.69) is 23.8 Å². The maximum Gasteiger partial charge on any atom is 0.309 e. The van der Waals surface area contributed by atoms with Crippen LogP contribution in [-0.4, -0.2) is 29.8 Å². The van der Waals surface area contributed by atoms with E-state index in [1.54, 1.807) is 0 Å². The maximum absolute atomic E-state index is 11.7. The third kappa shape index (κ3) is 3.65. The van der Waals surface area contributed by atoms with E-state index in [0.29, 0.717) is 0 Å². The van der Waals surface area contributed by atoms with Crippen LogP contribution in [0.2, 0.25) is 0 Å². The number of carbonyl (C=O) groups is 2. The molecule has 0 aromatic carbocycles. The van der Waals surface area contributed by atoms with Crippen LogP contribution in [0.5, 0.6) is 0 Å². The second-order valence-corrected chi connectivity index (χ2v) is 6.36. The Morgan fingerprint density at radius 1 is 1.05 bits per heavy atom. The Kier molecular flexibility index (Phi) is 5.05. The number of amides is 2. The molecule has 0 aliphatic carbocycles. The first-order valence-corrected chi connectivity index (χ1v) is 6.71. The molecule has 0 aromatic heterocycles. The molecule has 7 nitrogen and oxygen atoms in total. The van der Waals surface area contributed by atoms with Gasteiger partial charge in [-0.15, -0.1) is 0 Å². The van der Waals surface area contributed by atoms with Crippen LogP contribution in [0.25, 0.3) is 0 Å². The summed E-state index contributed by atoms with van der Waals surface area (Å²) >= 11 is 0. The molecule has 8 heteroatoms. The second kappa shape index (κ2) is 5.54. The maximum atomic E-state index is 11.7. The van der Waals surface area contributed by atoms with Gasteiger partial charge in [0.25, 0.3) is 0 Å². The van der Waals surface area contributed by atoms with Gasteiger partial charge >= 0.3 is 10.1 Å². The van der Waals surface area contributed by atoms with Crippen molar-refractivity contribution in [3.05, 3.63) is 25.3 Å². The zero-order valence-corrected chi connectivity index (χ0v) is 11.9. The minimum absolute atomic E-state index is 0.825. The Morgan fingerprint density at radius 2 is 1.37 bits per heavy atom. The Labute approximate surface area is 112 Å². The number of rotatable bonds is 5. The topological polar surface area (TPSA) is 113 Å².